The maximum atomic E-state index is 13.4. The zero-order chi connectivity index (χ0) is 10.1. The van der Waals surface area contributed by atoms with E-state index in [9.17, 15) is 4.39 Å². The molecule has 1 nitrogen and oxygen atoms in total. The first-order valence-electron chi connectivity index (χ1n) is 4.56. The molecule has 0 radical (unpaired) electrons. The van der Waals surface area contributed by atoms with Crippen LogP contribution in [0.3, 0.4) is 0 Å². The Balaban J connectivity index is 2.94. The lowest BCUT2D eigenvalue weighted by Gasteiger charge is -2.14. The summed E-state index contributed by atoms with van der Waals surface area (Å²) in [5.41, 5.74) is 0.306. The summed E-state index contributed by atoms with van der Waals surface area (Å²) in [7, 11) is 0. The number of hydrogen-bond acceptors (Lipinski definition) is 1. The van der Waals surface area contributed by atoms with Gasteiger partial charge in [0.05, 0.1) is 5.69 Å². The third kappa shape index (κ3) is 2.51. The van der Waals surface area contributed by atoms with Crippen LogP contribution in [-0.2, 0) is 5.67 Å². The number of pyridine rings is 1. The fraction of sp³-hybridized carbons (Fsp3) is 0.545. The molecule has 2 heteroatoms. The Kier molecular flexibility index (Phi) is 2.69. The minimum absolute atomic E-state index is 0.448. The molecule has 0 aromatic carbocycles. The highest BCUT2D eigenvalue weighted by molar-refractivity contribution is 5.19. The second-order valence-corrected chi connectivity index (χ2v) is 4.10. The summed E-state index contributed by atoms with van der Waals surface area (Å²) in [6, 6.07) is 3.70. The number of alkyl halides is 1. The van der Waals surface area contributed by atoms with Crippen LogP contribution in [0.1, 0.15) is 44.9 Å². The van der Waals surface area contributed by atoms with Gasteiger partial charge in [0, 0.05) is 6.20 Å². The highest BCUT2D eigenvalue weighted by Crippen LogP contribution is 2.23. The van der Waals surface area contributed by atoms with Crippen molar-refractivity contribution in [1.82, 2.24) is 4.98 Å². The highest BCUT2D eigenvalue weighted by Gasteiger charge is 2.19. The molecule has 1 rings (SSSR count). The predicted octanol–water partition coefficient (Wildman–Crippen LogP) is 3.41. The Hall–Kier alpha value is -0.920. The van der Waals surface area contributed by atoms with E-state index in [-0.39, 0.29) is 0 Å². The average Bonchev–Trinajstić information content (AvgIpc) is 2.03. The van der Waals surface area contributed by atoms with Crippen LogP contribution in [0.25, 0.3) is 0 Å². The molecule has 1 aromatic rings. The van der Waals surface area contributed by atoms with Crippen molar-refractivity contribution >= 4 is 0 Å². The predicted molar refractivity (Wildman–Crippen MR) is 52.5 cm³/mol. The van der Waals surface area contributed by atoms with E-state index in [1.165, 1.54) is 13.8 Å². The van der Waals surface area contributed by atoms with Crippen LogP contribution in [0, 0.1) is 0 Å². The number of hydrogen-bond donors (Lipinski definition) is 0. The van der Waals surface area contributed by atoms with Crippen molar-refractivity contribution in [3.63, 3.8) is 0 Å². The number of nitrogens with zero attached hydrogens (tertiary/aromatic N) is 1. The summed E-state index contributed by atoms with van der Waals surface area (Å²) in [4.78, 5) is 4.10. The zero-order valence-corrected chi connectivity index (χ0v) is 8.63. The van der Waals surface area contributed by atoms with E-state index in [0.717, 1.165) is 5.56 Å². The van der Waals surface area contributed by atoms with Crippen molar-refractivity contribution in [2.45, 2.75) is 39.3 Å². The molecular weight excluding hydrogens is 165 g/mol. The summed E-state index contributed by atoms with van der Waals surface area (Å²) >= 11 is 0. The highest BCUT2D eigenvalue weighted by atomic mass is 19.1. The van der Waals surface area contributed by atoms with Crippen LogP contribution in [0.4, 0.5) is 4.39 Å². The quantitative estimate of drug-likeness (QED) is 0.681. The molecule has 0 bridgehead atoms. The standard InChI is InChI=1S/C11H16FN/c1-8(2)9-5-6-10(13-7-9)11(3,4)12/h5-8H,1-4H3. The lowest BCUT2D eigenvalue weighted by atomic mass is 10.0. The molecule has 0 amide bonds. The van der Waals surface area contributed by atoms with Crippen LogP contribution in [0.5, 0.6) is 0 Å². The molecule has 0 saturated heterocycles. The summed E-state index contributed by atoms with van der Waals surface area (Å²) in [5.74, 6) is 0.448. The third-order valence-electron chi connectivity index (χ3n) is 2.06. The summed E-state index contributed by atoms with van der Waals surface area (Å²) in [5, 5.41) is 0. The lowest BCUT2D eigenvalue weighted by molar-refractivity contribution is 0.214. The summed E-state index contributed by atoms with van der Waals surface area (Å²) in [6.07, 6.45) is 1.75. The van der Waals surface area contributed by atoms with Crippen molar-refractivity contribution < 1.29 is 4.39 Å². The van der Waals surface area contributed by atoms with E-state index in [4.69, 9.17) is 0 Å². The topological polar surface area (TPSA) is 12.9 Å². The van der Waals surface area contributed by atoms with E-state index >= 15 is 0 Å². The molecule has 0 aliphatic rings. The first-order valence-corrected chi connectivity index (χ1v) is 4.56. The number of aromatic nitrogens is 1. The first-order chi connectivity index (χ1) is 5.91. The third-order valence-corrected chi connectivity index (χ3v) is 2.06. The van der Waals surface area contributed by atoms with Gasteiger partial charge in [-0.3, -0.25) is 4.98 Å². The minimum Gasteiger partial charge on any atom is -0.258 e. The number of halogens is 1. The summed E-state index contributed by atoms with van der Waals surface area (Å²) < 4.78 is 13.4. The fourth-order valence-electron chi connectivity index (χ4n) is 1.10. The minimum atomic E-state index is -1.34. The van der Waals surface area contributed by atoms with Gasteiger partial charge in [0.25, 0.3) is 0 Å². The van der Waals surface area contributed by atoms with Crippen LogP contribution in [-0.4, -0.2) is 4.98 Å². The molecule has 1 aromatic heterocycles. The molecule has 0 N–H and O–H groups in total. The van der Waals surface area contributed by atoms with Gasteiger partial charge in [-0.25, -0.2) is 4.39 Å². The first kappa shape index (κ1) is 10.2. The van der Waals surface area contributed by atoms with E-state index in [2.05, 4.69) is 18.8 Å². The van der Waals surface area contributed by atoms with Crippen molar-refractivity contribution in [2.75, 3.05) is 0 Å². The van der Waals surface area contributed by atoms with Gasteiger partial charge in [-0.15, -0.1) is 0 Å². The van der Waals surface area contributed by atoms with Gasteiger partial charge < -0.3 is 0 Å². The molecule has 1 heterocycles. The van der Waals surface area contributed by atoms with E-state index < -0.39 is 5.67 Å². The largest absolute Gasteiger partial charge is 0.258 e. The maximum Gasteiger partial charge on any atom is 0.147 e. The molecule has 0 aliphatic carbocycles. The van der Waals surface area contributed by atoms with Gasteiger partial charge in [-0.1, -0.05) is 19.9 Å². The van der Waals surface area contributed by atoms with E-state index in [1.807, 2.05) is 6.07 Å². The second-order valence-electron chi connectivity index (χ2n) is 4.10. The Labute approximate surface area is 79.0 Å². The molecule has 0 unspecified atom stereocenters. The lowest BCUT2D eigenvalue weighted by Crippen LogP contribution is -2.11. The van der Waals surface area contributed by atoms with E-state index in [1.54, 1.807) is 12.3 Å². The normalized spacial score (nSPS) is 12.2. The fourth-order valence-corrected chi connectivity index (χ4v) is 1.10. The van der Waals surface area contributed by atoms with Crippen molar-refractivity contribution in [3.05, 3.63) is 29.6 Å². The maximum absolute atomic E-state index is 13.4. The zero-order valence-electron chi connectivity index (χ0n) is 8.63. The smallest absolute Gasteiger partial charge is 0.147 e. The molecule has 13 heavy (non-hydrogen) atoms. The summed E-state index contributed by atoms with van der Waals surface area (Å²) in [6.45, 7) is 7.23. The van der Waals surface area contributed by atoms with Crippen molar-refractivity contribution in [1.29, 1.82) is 0 Å². The van der Waals surface area contributed by atoms with E-state index in [0.29, 0.717) is 11.6 Å². The van der Waals surface area contributed by atoms with Gasteiger partial charge in [-0.2, -0.15) is 0 Å². The van der Waals surface area contributed by atoms with Gasteiger partial charge in [0.15, 0.2) is 0 Å². The van der Waals surface area contributed by atoms with Crippen molar-refractivity contribution in [3.8, 4) is 0 Å². The molecule has 0 fully saturated rings. The molecule has 0 saturated carbocycles. The van der Waals surface area contributed by atoms with Gasteiger partial charge >= 0.3 is 0 Å². The van der Waals surface area contributed by atoms with Gasteiger partial charge in [0.1, 0.15) is 5.67 Å². The molecule has 0 spiro atoms. The Morgan fingerprint density at radius 1 is 1.31 bits per heavy atom. The van der Waals surface area contributed by atoms with Gasteiger partial charge in [-0.05, 0) is 31.4 Å². The Morgan fingerprint density at radius 3 is 2.23 bits per heavy atom. The second kappa shape index (κ2) is 3.44. The molecule has 72 valence electrons. The van der Waals surface area contributed by atoms with Crippen molar-refractivity contribution in [2.24, 2.45) is 0 Å². The Bertz CT molecular complexity index is 269. The molecular formula is C11H16FN. The average molecular weight is 181 g/mol. The SMILES string of the molecule is CC(C)c1ccc(C(C)(C)F)nc1. The molecule has 0 aliphatic heterocycles. The Morgan fingerprint density at radius 2 is 1.92 bits per heavy atom. The monoisotopic (exact) mass is 181 g/mol. The molecule has 0 atom stereocenters. The van der Waals surface area contributed by atoms with Crippen LogP contribution in [0.15, 0.2) is 18.3 Å². The van der Waals surface area contributed by atoms with Gasteiger partial charge in [0.2, 0.25) is 0 Å². The number of rotatable bonds is 2. The van der Waals surface area contributed by atoms with Crippen LogP contribution >= 0.6 is 0 Å². The van der Waals surface area contributed by atoms with Crippen LogP contribution in [0.2, 0.25) is 0 Å². The van der Waals surface area contributed by atoms with Crippen LogP contribution < -0.4 is 0 Å².